The second-order valence-corrected chi connectivity index (χ2v) is 9.24. The van der Waals surface area contributed by atoms with Gasteiger partial charge in [0.1, 0.15) is 0 Å². The molecule has 0 unspecified atom stereocenters. The molecule has 2 aromatic rings. The highest BCUT2D eigenvalue weighted by atomic mass is 32.2. The van der Waals surface area contributed by atoms with Crippen molar-refractivity contribution in [3.05, 3.63) is 24.3 Å². The van der Waals surface area contributed by atoms with Gasteiger partial charge >= 0.3 is 6.01 Å². The quantitative estimate of drug-likeness (QED) is 0.908. The van der Waals surface area contributed by atoms with E-state index in [1.54, 1.807) is 46.8 Å². The van der Waals surface area contributed by atoms with Crippen LogP contribution in [-0.4, -0.2) is 29.8 Å². The minimum Gasteiger partial charge on any atom is -0.403 e. The van der Waals surface area contributed by atoms with Crippen LogP contribution in [0.3, 0.4) is 0 Å². The van der Waals surface area contributed by atoms with Crippen LogP contribution in [0.5, 0.6) is 0 Å². The highest BCUT2D eigenvalue weighted by Crippen LogP contribution is 2.25. The normalized spacial score (nSPS) is 12.4. The van der Waals surface area contributed by atoms with E-state index in [2.05, 4.69) is 15.5 Å². The van der Waals surface area contributed by atoms with Crippen molar-refractivity contribution in [2.75, 3.05) is 5.32 Å². The summed E-state index contributed by atoms with van der Waals surface area (Å²) in [6.07, 6.45) is 0. The second kappa shape index (κ2) is 6.35. The third-order valence-electron chi connectivity index (χ3n) is 3.36. The van der Waals surface area contributed by atoms with Gasteiger partial charge in [0.05, 0.1) is 10.1 Å². The predicted molar refractivity (Wildman–Crippen MR) is 90.1 cm³/mol. The van der Waals surface area contributed by atoms with Crippen LogP contribution >= 0.6 is 0 Å². The molecule has 0 bridgehead atoms. The van der Waals surface area contributed by atoms with Crippen LogP contribution in [0.1, 0.15) is 34.6 Å². The smallest absolute Gasteiger partial charge is 0.322 e. The molecule has 0 fully saturated rings. The van der Waals surface area contributed by atoms with E-state index >= 15 is 0 Å². The van der Waals surface area contributed by atoms with Gasteiger partial charge in [0.15, 0.2) is 9.84 Å². The van der Waals surface area contributed by atoms with Crippen molar-refractivity contribution in [2.24, 2.45) is 5.41 Å². The molecule has 0 spiro atoms. The standard InChI is InChI=1S/C16H21N3O4S/c1-10(2)24(21,22)12-8-6-7-11(9-12)13-18-19-15(23-13)17-14(20)16(3,4)5/h6-10H,1-5H3,(H,17,19,20). The van der Waals surface area contributed by atoms with Crippen molar-refractivity contribution in [3.63, 3.8) is 0 Å². The van der Waals surface area contributed by atoms with E-state index in [9.17, 15) is 13.2 Å². The van der Waals surface area contributed by atoms with Crippen molar-refractivity contribution < 1.29 is 17.6 Å². The van der Waals surface area contributed by atoms with Gasteiger partial charge in [0.2, 0.25) is 11.8 Å². The molecule has 7 nitrogen and oxygen atoms in total. The maximum atomic E-state index is 12.3. The van der Waals surface area contributed by atoms with E-state index in [0.29, 0.717) is 5.56 Å². The zero-order valence-electron chi connectivity index (χ0n) is 14.3. The Labute approximate surface area is 141 Å². The lowest BCUT2D eigenvalue weighted by molar-refractivity contribution is -0.123. The molecule has 130 valence electrons. The summed E-state index contributed by atoms with van der Waals surface area (Å²) in [6, 6.07) is 6.27. The Balaban J connectivity index is 2.30. The summed E-state index contributed by atoms with van der Waals surface area (Å²) >= 11 is 0. The average molecular weight is 351 g/mol. The zero-order chi connectivity index (χ0) is 18.1. The molecule has 0 saturated carbocycles. The maximum Gasteiger partial charge on any atom is 0.322 e. The van der Waals surface area contributed by atoms with Gasteiger partial charge in [0.25, 0.3) is 0 Å². The molecule has 1 heterocycles. The Hall–Kier alpha value is -2.22. The number of amides is 1. The Morgan fingerprint density at radius 3 is 2.46 bits per heavy atom. The average Bonchev–Trinajstić information content (AvgIpc) is 2.94. The van der Waals surface area contributed by atoms with E-state index in [1.165, 1.54) is 12.1 Å². The number of rotatable bonds is 4. The van der Waals surface area contributed by atoms with Crippen molar-refractivity contribution in [2.45, 2.75) is 44.8 Å². The van der Waals surface area contributed by atoms with Crippen LogP contribution in [0.15, 0.2) is 33.6 Å². The summed E-state index contributed by atoms with van der Waals surface area (Å²) in [5, 5.41) is 9.65. The minimum absolute atomic E-state index is 0.0259. The molecule has 24 heavy (non-hydrogen) atoms. The first-order chi connectivity index (χ1) is 11.0. The number of benzene rings is 1. The lowest BCUT2D eigenvalue weighted by Crippen LogP contribution is -2.27. The fourth-order valence-corrected chi connectivity index (χ4v) is 2.86. The third-order valence-corrected chi connectivity index (χ3v) is 5.51. The van der Waals surface area contributed by atoms with Crippen LogP contribution in [0.4, 0.5) is 6.01 Å². The fraction of sp³-hybridized carbons (Fsp3) is 0.438. The van der Waals surface area contributed by atoms with Gasteiger partial charge < -0.3 is 4.42 Å². The Bertz CT molecular complexity index is 848. The van der Waals surface area contributed by atoms with Gasteiger partial charge in [-0.2, -0.15) is 0 Å². The number of anilines is 1. The number of carbonyl (C=O) groups excluding carboxylic acids is 1. The molecule has 2 rings (SSSR count). The molecule has 0 aliphatic carbocycles. The summed E-state index contributed by atoms with van der Waals surface area (Å²) < 4.78 is 29.9. The van der Waals surface area contributed by atoms with Gasteiger partial charge in [-0.15, -0.1) is 5.10 Å². The highest BCUT2D eigenvalue weighted by molar-refractivity contribution is 7.92. The number of sulfone groups is 1. The van der Waals surface area contributed by atoms with Gasteiger partial charge in [-0.25, -0.2) is 8.42 Å². The lowest BCUT2D eigenvalue weighted by Gasteiger charge is -2.15. The molecular weight excluding hydrogens is 330 g/mol. The lowest BCUT2D eigenvalue weighted by atomic mass is 9.96. The van der Waals surface area contributed by atoms with E-state index in [0.717, 1.165) is 0 Å². The number of nitrogens with zero attached hydrogens (tertiary/aromatic N) is 2. The van der Waals surface area contributed by atoms with Crippen LogP contribution in [0.25, 0.3) is 11.5 Å². The van der Waals surface area contributed by atoms with Crippen LogP contribution in [0, 0.1) is 5.41 Å². The van der Waals surface area contributed by atoms with Crippen molar-refractivity contribution in [3.8, 4) is 11.5 Å². The fourth-order valence-electron chi connectivity index (χ4n) is 1.75. The van der Waals surface area contributed by atoms with Crippen LogP contribution in [0.2, 0.25) is 0 Å². The first-order valence-electron chi connectivity index (χ1n) is 7.51. The number of hydrogen-bond donors (Lipinski definition) is 1. The molecule has 0 atom stereocenters. The molecule has 1 aromatic heterocycles. The van der Waals surface area contributed by atoms with Crippen molar-refractivity contribution >= 4 is 21.8 Å². The summed E-state index contributed by atoms with van der Waals surface area (Å²) in [6.45, 7) is 8.53. The van der Waals surface area contributed by atoms with Crippen molar-refractivity contribution in [1.82, 2.24) is 10.2 Å². The molecular formula is C16H21N3O4S. The second-order valence-electron chi connectivity index (χ2n) is 6.74. The molecule has 0 aliphatic heterocycles. The summed E-state index contributed by atoms with van der Waals surface area (Å²) in [5.74, 6) is -0.117. The summed E-state index contributed by atoms with van der Waals surface area (Å²) in [5.41, 5.74) is -0.125. The summed E-state index contributed by atoms with van der Waals surface area (Å²) in [7, 11) is -3.40. The van der Waals surface area contributed by atoms with Gasteiger partial charge in [-0.1, -0.05) is 31.9 Å². The molecule has 1 amide bonds. The first kappa shape index (κ1) is 18.1. The largest absolute Gasteiger partial charge is 0.403 e. The summed E-state index contributed by atoms with van der Waals surface area (Å²) in [4.78, 5) is 12.1. The number of carbonyl (C=O) groups is 1. The van der Waals surface area contributed by atoms with E-state index < -0.39 is 20.5 Å². The molecule has 0 radical (unpaired) electrons. The van der Waals surface area contributed by atoms with Crippen LogP contribution < -0.4 is 5.32 Å². The van der Waals surface area contributed by atoms with Crippen molar-refractivity contribution in [1.29, 1.82) is 0 Å². The predicted octanol–water partition coefficient (Wildman–Crippen LogP) is 2.90. The topological polar surface area (TPSA) is 102 Å². The number of aromatic nitrogens is 2. The highest BCUT2D eigenvalue weighted by Gasteiger charge is 2.24. The maximum absolute atomic E-state index is 12.3. The first-order valence-corrected chi connectivity index (χ1v) is 9.06. The minimum atomic E-state index is -3.40. The Morgan fingerprint density at radius 1 is 1.21 bits per heavy atom. The molecule has 1 aromatic carbocycles. The monoisotopic (exact) mass is 351 g/mol. The van der Waals surface area contributed by atoms with E-state index in [-0.39, 0.29) is 22.7 Å². The molecule has 0 aliphatic rings. The number of nitrogens with one attached hydrogen (secondary N) is 1. The molecule has 8 heteroatoms. The van der Waals surface area contributed by atoms with E-state index in [4.69, 9.17) is 4.42 Å². The van der Waals surface area contributed by atoms with E-state index in [1.807, 2.05) is 0 Å². The van der Waals surface area contributed by atoms with Gasteiger partial charge in [0, 0.05) is 11.0 Å². The Kier molecular flexibility index (Phi) is 4.80. The van der Waals surface area contributed by atoms with Crippen LogP contribution in [-0.2, 0) is 14.6 Å². The van der Waals surface area contributed by atoms with Gasteiger partial charge in [-0.3, -0.25) is 10.1 Å². The number of hydrogen-bond acceptors (Lipinski definition) is 6. The third kappa shape index (κ3) is 3.81. The zero-order valence-corrected chi connectivity index (χ0v) is 15.1. The molecule has 0 saturated heterocycles. The Morgan fingerprint density at radius 2 is 1.88 bits per heavy atom. The van der Waals surface area contributed by atoms with Gasteiger partial charge in [-0.05, 0) is 32.0 Å². The SMILES string of the molecule is CC(C)S(=O)(=O)c1cccc(-c2nnc(NC(=O)C(C)(C)C)o2)c1. The molecule has 1 N–H and O–H groups in total.